The molecule has 0 aromatic heterocycles. The molecule has 0 amide bonds. The third kappa shape index (κ3) is 3.44. The molecule has 18 heavy (non-hydrogen) atoms. The average Bonchev–Trinajstić information content (AvgIpc) is 3.02. The van der Waals surface area contributed by atoms with Crippen molar-refractivity contribution in [2.45, 2.75) is 37.9 Å². The molecule has 0 saturated carbocycles. The fourth-order valence-corrected chi connectivity index (χ4v) is 1.90. The molecule has 0 aromatic rings. The van der Waals surface area contributed by atoms with Crippen LogP contribution in [0.3, 0.4) is 0 Å². The molecule has 2 aliphatic rings. The molecular weight excluding hydrogens is 243 g/mol. The molecule has 0 spiro atoms. The maximum absolute atomic E-state index is 11.4. The first-order valence-electron chi connectivity index (χ1n) is 5.99. The van der Waals surface area contributed by atoms with Gasteiger partial charge >= 0.3 is 19.3 Å². The normalized spacial score (nSPS) is 26.9. The number of hydrogen-bond donors (Lipinski definition) is 1. The molecule has 1 N–H and O–H groups in total. The highest BCUT2D eigenvalue weighted by atomic mass is 16.7. The van der Waals surface area contributed by atoms with Crippen molar-refractivity contribution < 1.29 is 33.4 Å². The van der Waals surface area contributed by atoms with Crippen LogP contribution < -0.4 is 0 Å². The lowest BCUT2D eigenvalue weighted by Crippen LogP contribution is -2.37. The fourth-order valence-electron chi connectivity index (χ4n) is 1.90. The Balaban J connectivity index is 1.71. The van der Waals surface area contributed by atoms with Gasteiger partial charge in [-0.05, 0) is 25.7 Å². The van der Waals surface area contributed by atoms with E-state index in [4.69, 9.17) is 9.47 Å². The van der Waals surface area contributed by atoms with E-state index in [1.807, 2.05) is 0 Å². The minimum absolute atomic E-state index is 0.492. The van der Waals surface area contributed by atoms with E-state index in [9.17, 15) is 14.6 Å². The number of carbonyl (C=O) groups excluding carboxylic acids is 2. The minimum Gasteiger partial charge on any atom is -0.472 e. The number of rotatable bonds is 4. The summed E-state index contributed by atoms with van der Waals surface area (Å²) in [5.41, 5.74) is 0. The fraction of sp³-hybridized carbons (Fsp3) is 0.800. The zero-order chi connectivity index (χ0) is 13.0. The van der Waals surface area contributed by atoms with Crippen LogP contribution in [-0.4, -0.2) is 49.7 Å². The summed E-state index contributed by atoms with van der Waals surface area (Å²) >= 11 is 0. The maximum Gasteiger partial charge on any atom is 0.789 e. The van der Waals surface area contributed by atoms with Gasteiger partial charge in [-0.25, -0.2) is 0 Å². The Bertz CT molecular complexity index is 279. The van der Waals surface area contributed by atoms with Crippen LogP contribution >= 0.6 is 0 Å². The van der Waals surface area contributed by atoms with E-state index in [0.29, 0.717) is 26.1 Å². The summed E-state index contributed by atoms with van der Waals surface area (Å²) in [4.78, 5) is 22.9. The monoisotopic (exact) mass is 258 g/mol. The largest absolute Gasteiger partial charge is 0.789 e. The first kappa shape index (κ1) is 13.3. The number of carbonyl (C=O) groups is 2. The molecule has 0 aromatic carbocycles. The van der Waals surface area contributed by atoms with Crippen molar-refractivity contribution in [1.82, 2.24) is 0 Å². The van der Waals surface area contributed by atoms with Crippen LogP contribution in [0.4, 0.5) is 0 Å². The van der Waals surface area contributed by atoms with Crippen molar-refractivity contribution in [3.8, 4) is 0 Å². The van der Waals surface area contributed by atoms with Crippen LogP contribution in [0.1, 0.15) is 25.7 Å². The lowest BCUT2D eigenvalue weighted by molar-refractivity contribution is -0.153. The summed E-state index contributed by atoms with van der Waals surface area (Å²) in [7, 11) is -1.90. The molecule has 0 bridgehead atoms. The van der Waals surface area contributed by atoms with Crippen LogP contribution in [0, 0.1) is 0 Å². The van der Waals surface area contributed by atoms with Gasteiger partial charge in [-0.2, -0.15) is 0 Å². The summed E-state index contributed by atoms with van der Waals surface area (Å²) in [5, 5.41) is 9.31. The first-order chi connectivity index (χ1) is 8.66. The standard InChI is InChI=1S/C10H15BO7/c12-9(7-3-1-5-15-7)17-11(14)18-10(13)8-4-2-6-16-8/h7-8,14H,1-6H2. The predicted octanol–water partition coefficient (Wildman–Crippen LogP) is -0.592. The van der Waals surface area contributed by atoms with Crippen LogP contribution in [0.5, 0.6) is 0 Å². The highest BCUT2D eigenvalue weighted by Crippen LogP contribution is 2.15. The van der Waals surface area contributed by atoms with Gasteiger partial charge in [0.2, 0.25) is 0 Å². The second kappa shape index (κ2) is 6.17. The van der Waals surface area contributed by atoms with Crippen molar-refractivity contribution in [2.75, 3.05) is 13.2 Å². The first-order valence-corrected chi connectivity index (χ1v) is 5.99. The van der Waals surface area contributed by atoms with Gasteiger partial charge in [0.15, 0.2) is 12.2 Å². The van der Waals surface area contributed by atoms with Crippen molar-refractivity contribution in [3.05, 3.63) is 0 Å². The molecule has 2 aliphatic heterocycles. The summed E-state index contributed by atoms with van der Waals surface area (Å²) in [5.74, 6) is -1.44. The molecule has 2 heterocycles. The molecule has 0 aliphatic carbocycles. The number of ether oxygens (including phenoxy) is 2. The SMILES string of the molecule is O=C(OB(O)OC(=O)C1CCCO1)C1CCCO1. The van der Waals surface area contributed by atoms with Gasteiger partial charge in [0.25, 0.3) is 0 Å². The van der Waals surface area contributed by atoms with E-state index in [-0.39, 0.29) is 0 Å². The van der Waals surface area contributed by atoms with Crippen LogP contribution in [0.25, 0.3) is 0 Å². The van der Waals surface area contributed by atoms with E-state index in [2.05, 4.69) is 9.31 Å². The van der Waals surface area contributed by atoms with E-state index < -0.39 is 31.5 Å². The number of hydrogen-bond acceptors (Lipinski definition) is 7. The molecule has 100 valence electrons. The van der Waals surface area contributed by atoms with Crippen molar-refractivity contribution in [2.24, 2.45) is 0 Å². The van der Waals surface area contributed by atoms with Crippen LogP contribution in [-0.2, 0) is 28.4 Å². The van der Waals surface area contributed by atoms with Gasteiger partial charge in [0.05, 0.1) is 0 Å². The van der Waals surface area contributed by atoms with Gasteiger partial charge in [-0.15, -0.1) is 0 Å². The molecular formula is C10H15BO7. The van der Waals surface area contributed by atoms with Gasteiger partial charge in [0.1, 0.15) is 0 Å². The van der Waals surface area contributed by atoms with E-state index in [0.717, 1.165) is 12.8 Å². The lowest BCUT2D eigenvalue weighted by Gasteiger charge is -2.13. The molecule has 2 fully saturated rings. The molecule has 7 nitrogen and oxygen atoms in total. The van der Waals surface area contributed by atoms with E-state index in [1.165, 1.54) is 0 Å². The summed E-state index contributed by atoms with van der Waals surface area (Å²) in [6.45, 7) is 0.983. The van der Waals surface area contributed by atoms with Crippen LogP contribution in [0.15, 0.2) is 0 Å². The van der Waals surface area contributed by atoms with Gasteiger partial charge < -0.3 is 23.8 Å². The zero-order valence-corrected chi connectivity index (χ0v) is 9.87. The highest BCUT2D eigenvalue weighted by Gasteiger charge is 2.35. The maximum atomic E-state index is 11.4. The summed E-state index contributed by atoms with van der Waals surface area (Å²) in [6.07, 6.45) is 1.27. The Morgan fingerprint density at radius 1 is 1.00 bits per heavy atom. The Morgan fingerprint density at radius 3 is 1.78 bits per heavy atom. The molecule has 2 saturated heterocycles. The minimum atomic E-state index is -1.90. The topological polar surface area (TPSA) is 91.3 Å². The van der Waals surface area contributed by atoms with Gasteiger partial charge in [-0.1, -0.05) is 0 Å². The Hall–Kier alpha value is -1.12. The van der Waals surface area contributed by atoms with Crippen molar-refractivity contribution in [1.29, 1.82) is 0 Å². The lowest BCUT2D eigenvalue weighted by atomic mass is 10.2. The van der Waals surface area contributed by atoms with Crippen molar-refractivity contribution in [3.63, 3.8) is 0 Å². The third-order valence-electron chi connectivity index (χ3n) is 2.82. The molecule has 2 unspecified atom stereocenters. The van der Waals surface area contributed by atoms with Gasteiger partial charge in [-0.3, -0.25) is 9.59 Å². The van der Waals surface area contributed by atoms with E-state index in [1.54, 1.807) is 0 Å². The summed E-state index contributed by atoms with van der Waals surface area (Å²) in [6, 6.07) is 0. The second-order valence-corrected chi connectivity index (χ2v) is 4.18. The van der Waals surface area contributed by atoms with Crippen molar-refractivity contribution >= 4 is 19.3 Å². The Labute approximate surface area is 105 Å². The Kier molecular flexibility index (Phi) is 4.57. The molecule has 0 radical (unpaired) electrons. The predicted molar refractivity (Wildman–Crippen MR) is 58.1 cm³/mol. The highest BCUT2D eigenvalue weighted by molar-refractivity contribution is 6.40. The molecule has 2 rings (SSSR count). The second-order valence-electron chi connectivity index (χ2n) is 4.18. The zero-order valence-electron chi connectivity index (χ0n) is 9.87. The quantitative estimate of drug-likeness (QED) is 0.673. The van der Waals surface area contributed by atoms with E-state index >= 15 is 0 Å². The van der Waals surface area contributed by atoms with Crippen LogP contribution in [0.2, 0.25) is 0 Å². The summed E-state index contributed by atoms with van der Waals surface area (Å²) < 4.78 is 19.3. The molecule has 8 heteroatoms. The van der Waals surface area contributed by atoms with Gasteiger partial charge in [0, 0.05) is 13.2 Å². The average molecular weight is 258 g/mol. The Morgan fingerprint density at radius 2 is 1.44 bits per heavy atom. The molecule has 2 atom stereocenters. The smallest absolute Gasteiger partial charge is 0.472 e. The third-order valence-corrected chi connectivity index (χ3v) is 2.82.